The molecule has 1 saturated heterocycles. The monoisotopic (exact) mass is 288 g/mol. The maximum atomic E-state index is 12.1. The molecule has 0 saturated carbocycles. The summed E-state index contributed by atoms with van der Waals surface area (Å²) < 4.78 is 5.11. The van der Waals surface area contributed by atoms with Crippen molar-refractivity contribution in [3.8, 4) is 0 Å². The summed E-state index contributed by atoms with van der Waals surface area (Å²) in [5, 5.41) is 0. The van der Waals surface area contributed by atoms with Gasteiger partial charge in [-0.3, -0.25) is 9.59 Å². The first-order valence-electron chi connectivity index (χ1n) is 6.82. The Kier molecular flexibility index (Phi) is 3.72. The summed E-state index contributed by atoms with van der Waals surface area (Å²) in [6.07, 6.45) is 5.00. The van der Waals surface area contributed by atoms with Gasteiger partial charge in [0.1, 0.15) is 0 Å². The number of hydrogen-bond acceptors (Lipinski definition) is 4. The number of aromatic amines is 1. The van der Waals surface area contributed by atoms with Gasteiger partial charge < -0.3 is 19.2 Å². The summed E-state index contributed by atoms with van der Waals surface area (Å²) in [6.45, 7) is 2.13. The highest BCUT2D eigenvalue weighted by Crippen LogP contribution is 2.10. The number of rotatable bonds is 3. The molecule has 0 atom stereocenters. The van der Waals surface area contributed by atoms with Crippen LogP contribution in [0.4, 0.5) is 0 Å². The molecule has 21 heavy (non-hydrogen) atoms. The topological polar surface area (TPSA) is 82.4 Å². The number of furan rings is 1. The van der Waals surface area contributed by atoms with Crippen LogP contribution in [0.2, 0.25) is 0 Å². The molecule has 0 aromatic carbocycles. The molecule has 0 bridgehead atoms. The molecule has 3 heterocycles. The van der Waals surface area contributed by atoms with Gasteiger partial charge in [-0.1, -0.05) is 0 Å². The van der Waals surface area contributed by atoms with Gasteiger partial charge in [-0.05, 0) is 12.1 Å². The Morgan fingerprint density at radius 1 is 1.24 bits per heavy atom. The minimum atomic E-state index is -0.124. The molecule has 2 amide bonds. The molecule has 1 aliphatic heterocycles. The van der Waals surface area contributed by atoms with Gasteiger partial charge in [-0.25, -0.2) is 4.98 Å². The zero-order valence-corrected chi connectivity index (χ0v) is 11.5. The van der Waals surface area contributed by atoms with Crippen LogP contribution < -0.4 is 0 Å². The van der Waals surface area contributed by atoms with Crippen molar-refractivity contribution in [2.24, 2.45) is 0 Å². The third-order valence-electron chi connectivity index (χ3n) is 3.55. The molecule has 110 valence electrons. The lowest BCUT2D eigenvalue weighted by molar-refractivity contribution is -0.132. The number of aromatic nitrogens is 2. The number of hydrogen-bond donors (Lipinski definition) is 1. The van der Waals surface area contributed by atoms with Crippen LogP contribution in [0.5, 0.6) is 0 Å². The number of nitrogens with one attached hydrogen (secondary N) is 1. The van der Waals surface area contributed by atoms with E-state index < -0.39 is 0 Å². The summed E-state index contributed by atoms with van der Waals surface area (Å²) in [7, 11) is 0. The van der Waals surface area contributed by atoms with E-state index in [2.05, 4.69) is 9.97 Å². The Bertz CT molecular complexity index is 598. The van der Waals surface area contributed by atoms with E-state index in [-0.39, 0.29) is 11.8 Å². The lowest BCUT2D eigenvalue weighted by Crippen LogP contribution is -2.50. The van der Waals surface area contributed by atoms with Gasteiger partial charge in [-0.15, -0.1) is 0 Å². The number of carbonyl (C=O) groups excluding carboxylic acids is 2. The lowest BCUT2D eigenvalue weighted by atomic mass is 10.2. The summed E-state index contributed by atoms with van der Waals surface area (Å²) in [6, 6.07) is 3.34. The highest BCUT2D eigenvalue weighted by Gasteiger charge is 2.26. The molecular formula is C14H16N4O3. The normalized spacial score (nSPS) is 15.2. The average Bonchev–Trinajstić information content (AvgIpc) is 3.20. The fraction of sp³-hybridized carbons (Fsp3) is 0.357. The SMILES string of the molecule is O=C(Cc1cnc[nH]1)N1CCN(C(=O)c2ccco2)CC1. The maximum Gasteiger partial charge on any atom is 0.289 e. The first-order valence-corrected chi connectivity index (χ1v) is 6.82. The van der Waals surface area contributed by atoms with Crippen LogP contribution in [0.3, 0.4) is 0 Å². The van der Waals surface area contributed by atoms with E-state index >= 15 is 0 Å². The van der Waals surface area contributed by atoms with Gasteiger partial charge in [-0.2, -0.15) is 0 Å². The zero-order valence-electron chi connectivity index (χ0n) is 11.5. The second kappa shape index (κ2) is 5.82. The van der Waals surface area contributed by atoms with Crippen LogP contribution >= 0.6 is 0 Å². The minimum Gasteiger partial charge on any atom is -0.459 e. The third kappa shape index (κ3) is 2.96. The zero-order chi connectivity index (χ0) is 14.7. The van der Waals surface area contributed by atoms with Crippen molar-refractivity contribution in [3.63, 3.8) is 0 Å². The number of amides is 2. The first-order chi connectivity index (χ1) is 10.2. The molecule has 0 unspecified atom stereocenters. The van der Waals surface area contributed by atoms with Crippen molar-refractivity contribution in [3.05, 3.63) is 42.4 Å². The standard InChI is InChI=1S/C14H16N4O3/c19-13(8-11-9-15-10-16-11)17-3-5-18(6-4-17)14(20)12-2-1-7-21-12/h1-2,7,9-10H,3-6,8H2,(H,15,16). The van der Waals surface area contributed by atoms with E-state index in [0.29, 0.717) is 38.4 Å². The molecule has 0 spiro atoms. The van der Waals surface area contributed by atoms with Gasteiger partial charge in [0.2, 0.25) is 5.91 Å². The molecule has 2 aromatic rings. The van der Waals surface area contributed by atoms with Gasteiger partial charge in [0.05, 0.1) is 19.0 Å². The average molecular weight is 288 g/mol. The second-order valence-corrected chi connectivity index (χ2v) is 4.90. The van der Waals surface area contributed by atoms with Gasteiger partial charge in [0.15, 0.2) is 5.76 Å². The fourth-order valence-electron chi connectivity index (χ4n) is 2.37. The predicted octanol–water partition coefficient (Wildman–Crippen LogP) is 0.530. The van der Waals surface area contributed by atoms with Crippen molar-refractivity contribution < 1.29 is 14.0 Å². The van der Waals surface area contributed by atoms with Crippen molar-refractivity contribution in [2.45, 2.75) is 6.42 Å². The third-order valence-corrected chi connectivity index (χ3v) is 3.55. The largest absolute Gasteiger partial charge is 0.459 e. The van der Waals surface area contributed by atoms with Crippen molar-refractivity contribution in [1.29, 1.82) is 0 Å². The highest BCUT2D eigenvalue weighted by molar-refractivity contribution is 5.91. The molecule has 0 aliphatic carbocycles. The van der Waals surface area contributed by atoms with Gasteiger partial charge in [0, 0.05) is 38.1 Å². The molecule has 1 aliphatic rings. The molecule has 1 fully saturated rings. The molecular weight excluding hydrogens is 272 g/mol. The van der Waals surface area contributed by atoms with Crippen LogP contribution in [-0.4, -0.2) is 57.8 Å². The van der Waals surface area contributed by atoms with E-state index in [1.807, 2.05) is 0 Å². The highest BCUT2D eigenvalue weighted by atomic mass is 16.3. The Morgan fingerprint density at radius 3 is 2.62 bits per heavy atom. The first kappa shape index (κ1) is 13.4. The maximum absolute atomic E-state index is 12.1. The minimum absolute atomic E-state index is 0.0457. The van der Waals surface area contributed by atoms with Crippen LogP contribution in [0, 0.1) is 0 Å². The molecule has 7 nitrogen and oxygen atoms in total. The number of H-pyrrole nitrogens is 1. The summed E-state index contributed by atoms with van der Waals surface area (Å²) in [5.41, 5.74) is 0.800. The lowest BCUT2D eigenvalue weighted by Gasteiger charge is -2.34. The fourth-order valence-corrected chi connectivity index (χ4v) is 2.37. The molecule has 1 N–H and O–H groups in total. The van der Waals surface area contributed by atoms with Crippen molar-refractivity contribution in [1.82, 2.24) is 19.8 Å². The summed E-state index contributed by atoms with van der Waals surface area (Å²) >= 11 is 0. The number of imidazole rings is 1. The van der Waals surface area contributed by atoms with E-state index in [1.54, 1.807) is 34.5 Å². The quantitative estimate of drug-likeness (QED) is 0.893. The number of nitrogens with zero attached hydrogens (tertiary/aromatic N) is 3. The Balaban J connectivity index is 1.53. The molecule has 2 aromatic heterocycles. The Morgan fingerprint density at radius 2 is 2.00 bits per heavy atom. The number of piperazine rings is 1. The predicted molar refractivity (Wildman–Crippen MR) is 73.5 cm³/mol. The van der Waals surface area contributed by atoms with E-state index in [0.717, 1.165) is 5.69 Å². The molecule has 0 radical (unpaired) electrons. The van der Waals surface area contributed by atoms with Crippen LogP contribution in [0.15, 0.2) is 35.3 Å². The summed E-state index contributed by atoms with van der Waals surface area (Å²) in [5.74, 6) is 0.261. The molecule has 3 rings (SSSR count). The second-order valence-electron chi connectivity index (χ2n) is 4.90. The summed E-state index contributed by atoms with van der Waals surface area (Å²) in [4.78, 5) is 34.5. The number of carbonyl (C=O) groups is 2. The van der Waals surface area contributed by atoms with Gasteiger partial charge >= 0.3 is 0 Å². The van der Waals surface area contributed by atoms with Gasteiger partial charge in [0.25, 0.3) is 5.91 Å². The van der Waals surface area contributed by atoms with Crippen molar-refractivity contribution in [2.75, 3.05) is 26.2 Å². The van der Waals surface area contributed by atoms with Crippen LogP contribution in [0.25, 0.3) is 0 Å². The van der Waals surface area contributed by atoms with E-state index in [4.69, 9.17) is 4.42 Å². The Hall–Kier alpha value is -2.57. The van der Waals surface area contributed by atoms with E-state index in [9.17, 15) is 9.59 Å². The smallest absolute Gasteiger partial charge is 0.289 e. The van der Waals surface area contributed by atoms with E-state index in [1.165, 1.54) is 6.26 Å². The van der Waals surface area contributed by atoms with Crippen LogP contribution in [0.1, 0.15) is 16.2 Å². The Labute approximate surface area is 121 Å². The van der Waals surface area contributed by atoms with Crippen LogP contribution in [-0.2, 0) is 11.2 Å². The molecule has 7 heteroatoms. The van der Waals surface area contributed by atoms with Crippen molar-refractivity contribution >= 4 is 11.8 Å².